The molecule has 0 bridgehead atoms. The number of aryl methyl sites for hydroxylation is 3. The lowest BCUT2D eigenvalue weighted by atomic mass is 10.1. The lowest BCUT2D eigenvalue weighted by molar-refractivity contribution is 0.0730. The minimum Gasteiger partial charge on any atom is -0.423 e. The van der Waals surface area contributed by atoms with Crippen LogP contribution >= 0.6 is 0 Å². The average molecular weight is 445 g/mol. The highest BCUT2D eigenvalue weighted by Crippen LogP contribution is 2.21. The van der Waals surface area contributed by atoms with Gasteiger partial charge < -0.3 is 9.47 Å². The van der Waals surface area contributed by atoms with Crippen molar-refractivity contribution in [1.82, 2.24) is 0 Å². The van der Waals surface area contributed by atoms with Crippen molar-refractivity contribution in [1.29, 1.82) is 0 Å². The maximum absolute atomic E-state index is 12.6. The van der Waals surface area contributed by atoms with Crippen molar-refractivity contribution in [3.05, 3.63) is 94.5 Å². The van der Waals surface area contributed by atoms with Crippen LogP contribution in [-0.2, 0) is 12.8 Å². The van der Waals surface area contributed by atoms with Crippen LogP contribution in [0, 0.1) is 6.92 Å². The van der Waals surface area contributed by atoms with Crippen LogP contribution in [0.4, 0.5) is 0 Å². The van der Waals surface area contributed by atoms with Crippen LogP contribution in [0.15, 0.2) is 66.7 Å². The van der Waals surface area contributed by atoms with Gasteiger partial charge in [-0.3, -0.25) is 0 Å². The van der Waals surface area contributed by atoms with Crippen molar-refractivity contribution in [3.8, 4) is 11.5 Å². The summed E-state index contributed by atoms with van der Waals surface area (Å²) in [6.45, 7) is 6.12. The van der Waals surface area contributed by atoms with Crippen LogP contribution in [0.5, 0.6) is 11.5 Å². The number of hydrogen-bond donors (Lipinski definition) is 0. The zero-order valence-corrected chi connectivity index (χ0v) is 19.7. The molecule has 0 saturated carbocycles. The van der Waals surface area contributed by atoms with Crippen molar-refractivity contribution in [2.75, 3.05) is 0 Å². The van der Waals surface area contributed by atoms with E-state index in [1.54, 1.807) is 37.3 Å². The SMILES string of the molecule is CCCCc1ccc(OC(=O)c2ccc(OC(=O)c3ccc(CCCC)cc3)cc2C)cc1. The first kappa shape index (κ1) is 24.2. The number of carbonyl (C=O) groups excluding carboxylic acids is 2. The molecule has 3 aromatic carbocycles. The summed E-state index contributed by atoms with van der Waals surface area (Å²) in [6, 6.07) is 20.1. The van der Waals surface area contributed by atoms with E-state index >= 15 is 0 Å². The van der Waals surface area contributed by atoms with Gasteiger partial charge in [0, 0.05) is 0 Å². The van der Waals surface area contributed by atoms with Crippen molar-refractivity contribution in [2.24, 2.45) is 0 Å². The number of rotatable bonds is 10. The fourth-order valence-electron chi connectivity index (χ4n) is 3.55. The summed E-state index contributed by atoms with van der Waals surface area (Å²) in [5.41, 5.74) is 4.06. The van der Waals surface area contributed by atoms with Gasteiger partial charge >= 0.3 is 11.9 Å². The standard InChI is InChI=1S/C29H32O4/c1-4-6-8-22-10-14-24(15-11-22)28(30)33-26-18-19-27(21(3)20-26)29(31)32-25-16-12-23(13-17-25)9-7-5-2/h10-20H,4-9H2,1-3H3. The molecule has 0 heterocycles. The summed E-state index contributed by atoms with van der Waals surface area (Å²) < 4.78 is 11.0. The molecule has 3 aromatic rings. The quantitative estimate of drug-likeness (QED) is 0.247. The minimum absolute atomic E-state index is 0.393. The molecular weight excluding hydrogens is 412 g/mol. The highest BCUT2D eigenvalue weighted by Gasteiger charge is 2.15. The highest BCUT2D eigenvalue weighted by molar-refractivity contribution is 5.93. The molecule has 3 rings (SSSR count). The van der Waals surface area contributed by atoms with Crippen molar-refractivity contribution in [2.45, 2.75) is 59.3 Å². The van der Waals surface area contributed by atoms with E-state index in [1.165, 1.54) is 11.1 Å². The molecule has 0 aliphatic rings. The predicted molar refractivity (Wildman–Crippen MR) is 131 cm³/mol. The van der Waals surface area contributed by atoms with Gasteiger partial charge in [0.05, 0.1) is 11.1 Å². The van der Waals surface area contributed by atoms with E-state index in [9.17, 15) is 9.59 Å². The topological polar surface area (TPSA) is 52.6 Å². The third-order valence-electron chi connectivity index (χ3n) is 5.59. The molecule has 0 aliphatic carbocycles. The van der Waals surface area contributed by atoms with E-state index in [0.29, 0.717) is 28.2 Å². The lowest BCUT2D eigenvalue weighted by Crippen LogP contribution is -2.12. The third kappa shape index (κ3) is 7.04. The lowest BCUT2D eigenvalue weighted by Gasteiger charge is -2.10. The molecule has 172 valence electrons. The second kappa shape index (κ2) is 12.0. The van der Waals surface area contributed by atoms with Crippen molar-refractivity contribution in [3.63, 3.8) is 0 Å². The predicted octanol–water partition coefficient (Wildman–Crippen LogP) is 7.12. The first-order valence-corrected chi connectivity index (χ1v) is 11.7. The third-order valence-corrected chi connectivity index (χ3v) is 5.59. The number of hydrogen-bond acceptors (Lipinski definition) is 4. The minimum atomic E-state index is -0.436. The molecule has 0 aliphatic heterocycles. The van der Waals surface area contributed by atoms with Crippen LogP contribution in [-0.4, -0.2) is 11.9 Å². The second-order valence-corrected chi connectivity index (χ2v) is 8.30. The van der Waals surface area contributed by atoms with Crippen LogP contribution in [0.3, 0.4) is 0 Å². The van der Waals surface area contributed by atoms with Gasteiger partial charge in [-0.05, 0) is 91.8 Å². The van der Waals surface area contributed by atoms with Gasteiger partial charge in [0.2, 0.25) is 0 Å². The van der Waals surface area contributed by atoms with Gasteiger partial charge in [0.1, 0.15) is 11.5 Å². The van der Waals surface area contributed by atoms with Crippen molar-refractivity contribution < 1.29 is 19.1 Å². The molecular formula is C29H32O4. The van der Waals surface area contributed by atoms with Gasteiger partial charge in [0.25, 0.3) is 0 Å². The molecule has 0 unspecified atom stereocenters. The fourth-order valence-corrected chi connectivity index (χ4v) is 3.55. The molecule has 0 amide bonds. The number of ether oxygens (including phenoxy) is 2. The van der Waals surface area contributed by atoms with Gasteiger partial charge in [-0.1, -0.05) is 51.0 Å². The number of carbonyl (C=O) groups is 2. The number of unbranched alkanes of at least 4 members (excludes halogenated alkanes) is 2. The second-order valence-electron chi connectivity index (χ2n) is 8.30. The fraction of sp³-hybridized carbons (Fsp3) is 0.310. The zero-order valence-electron chi connectivity index (χ0n) is 19.7. The summed E-state index contributed by atoms with van der Waals surface area (Å²) in [6.07, 6.45) is 6.57. The summed E-state index contributed by atoms with van der Waals surface area (Å²) in [5.74, 6) is 0.0474. The first-order valence-electron chi connectivity index (χ1n) is 11.7. The smallest absolute Gasteiger partial charge is 0.343 e. The molecule has 0 atom stereocenters. The Bertz CT molecular complexity index is 1070. The Labute approximate surface area is 196 Å². The Balaban J connectivity index is 1.60. The van der Waals surface area contributed by atoms with E-state index < -0.39 is 11.9 Å². The zero-order chi connectivity index (χ0) is 23.6. The Morgan fingerprint density at radius 2 is 1.18 bits per heavy atom. The molecule has 0 saturated heterocycles. The van der Waals surface area contributed by atoms with Crippen LogP contribution in [0.1, 0.15) is 76.9 Å². The largest absolute Gasteiger partial charge is 0.423 e. The van der Waals surface area contributed by atoms with E-state index in [-0.39, 0.29) is 0 Å². The monoisotopic (exact) mass is 444 g/mol. The summed E-state index contributed by atoms with van der Waals surface area (Å²) in [4.78, 5) is 25.1. The summed E-state index contributed by atoms with van der Waals surface area (Å²) in [7, 11) is 0. The van der Waals surface area contributed by atoms with Gasteiger partial charge in [-0.15, -0.1) is 0 Å². The highest BCUT2D eigenvalue weighted by atomic mass is 16.5. The number of benzene rings is 3. The molecule has 0 spiro atoms. The summed E-state index contributed by atoms with van der Waals surface area (Å²) >= 11 is 0. The molecule has 4 nitrogen and oxygen atoms in total. The number of esters is 2. The average Bonchev–Trinajstić information content (AvgIpc) is 2.82. The van der Waals surface area contributed by atoms with Gasteiger partial charge in [-0.25, -0.2) is 9.59 Å². The van der Waals surface area contributed by atoms with E-state index in [4.69, 9.17) is 9.47 Å². The van der Waals surface area contributed by atoms with Crippen LogP contribution in [0.25, 0.3) is 0 Å². The molecule has 33 heavy (non-hydrogen) atoms. The van der Waals surface area contributed by atoms with Crippen molar-refractivity contribution >= 4 is 11.9 Å². The molecule has 0 aromatic heterocycles. The maximum atomic E-state index is 12.6. The van der Waals surface area contributed by atoms with Crippen LogP contribution < -0.4 is 9.47 Å². The van der Waals surface area contributed by atoms with E-state index in [2.05, 4.69) is 13.8 Å². The molecule has 0 N–H and O–H groups in total. The molecule has 4 heteroatoms. The molecule has 0 radical (unpaired) electrons. The first-order chi connectivity index (χ1) is 16.0. The molecule has 0 fully saturated rings. The van der Waals surface area contributed by atoms with Gasteiger partial charge in [0.15, 0.2) is 0 Å². The Kier molecular flexibility index (Phi) is 8.82. The van der Waals surface area contributed by atoms with Crippen LogP contribution in [0.2, 0.25) is 0 Å². The Hall–Kier alpha value is -3.40. The van der Waals surface area contributed by atoms with E-state index in [1.807, 2.05) is 36.4 Å². The normalized spacial score (nSPS) is 10.6. The van der Waals surface area contributed by atoms with Gasteiger partial charge in [-0.2, -0.15) is 0 Å². The van der Waals surface area contributed by atoms with E-state index in [0.717, 1.165) is 38.5 Å². The Morgan fingerprint density at radius 1 is 0.667 bits per heavy atom. The Morgan fingerprint density at radius 3 is 1.73 bits per heavy atom. The maximum Gasteiger partial charge on any atom is 0.343 e. The summed E-state index contributed by atoms with van der Waals surface area (Å²) in [5, 5.41) is 0.